The molecule has 0 spiro atoms. The van der Waals surface area contributed by atoms with E-state index in [1.54, 1.807) is 0 Å². The molecule has 1 amide bonds. The summed E-state index contributed by atoms with van der Waals surface area (Å²) in [6, 6.07) is 8.00. The number of aromatic amines is 2. The van der Waals surface area contributed by atoms with Crippen LogP contribution in [0.5, 0.6) is 0 Å². The van der Waals surface area contributed by atoms with E-state index < -0.39 is 0 Å². The van der Waals surface area contributed by atoms with Gasteiger partial charge in [0, 0.05) is 37.1 Å². The first-order valence-electron chi connectivity index (χ1n) is 10.8. The van der Waals surface area contributed by atoms with E-state index in [-0.39, 0.29) is 5.91 Å². The smallest absolute Gasteiger partial charge is 0.255 e. The summed E-state index contributed by atoms with van der Waals surface area (Å²) in [5.41, 5.74) is 1.76. The van der Waals surface area contributed by atoms with Crippen molar-refractivity contribution < 1.29 is 4.79 Å². The Morgan fingerprint density at radius 3 is 2.45 bits per heavy atom. The van der Waals surface area contributed by atoms with Crippen molar-refractivity contribution in [2.75, 3.05) is 26.2 Å². The predicted octanol–water partition coefficient (Wildman–Crippen LogP) is 3.66. The Bertz CT molecular complexity index is 947. The van der Waals surface area contributed by atoms with E-state index in [9.17, 15) is 4.79 Å². The number of para-hydroxylation sites is 1. The van der Waals surface area contributed by atoms with Gasteiger partial charge in [0.1, 0.15) is 5.82 Å². The zero-order valence-corrected chi connectivity index (χ0v) is 16.8. The van der Waals surface area contributed by atoms with Crippen LogP contribution in [0.25, 0.3) is 10.9 Å². The minimum atomic E-state index is 0.171. The molecule has 2 saturated heterocycles. The fraction of sp³-hybridized carbons (Fsp3) is 0.478. The molecule has 0 radical (unpaired) electrons. The molecule has 0 unspecified atom stereocenters. The van der Waals surface area contributed by atoms with Crippen LogP contribution in [0.4, 0.5) is 0 Å². The fourth-order valence-electron chi connectivity index (χ4n) is 5.19. The Balaban J connectivity index is 1.14. The maximum atomic E-state index is 13.1. The maximum absolute atomic E-state index is 13.1. The minimum Gasteiger partial charge on any atom is -0.361 e. The molecule has 4 heterocycles. The molecule has 0 bridgehead atoms. The molecule has 2 aromatic heterocycles. The highest BCUT2D eigenvalue weighted by molar-refractivity contribution is 6.05. The monoisotopic (exact) mass is 391 g/mol. The van der Waals surface area contributed by atoms with E-state index in [1.807, 2.05) is 42.9 Å². The van der Waals surface area contributed by atoms with Crippen LogP contribution in [0.2, 0.25) is 0 Å². The molecule has 0 saturated carbocycles. The van der Waals surface area contributed by atoms with Crippen molar-refractivity contribution in [2.24, 2.45) is 11.8 Å². The number of H-pyrrole nitrogens is 2. The first kappa shape index (κ1) is 18.4. The summed E-state index contributed by atoms with van der Waals surface area (Å²) in [7, 11) is 0. The topological polar surface area (TPSA) is 68.0 Å². The van der Waals surface area contributed by atoms with Crippen molar-refractivity contribution in [3.05, 3.63) is 54.2 Å². The largest absolute Gasteiger partial charge is 0.361 e. The third kappa shape index (κ3) is 3.81. The van der Waals surface area contributed by atoms with E-state index >= 15 is 0 Å². The summed E-state index contributed by atoms with van der Waals surface area (Å²) in [5.74, 6) is 2.79. The number of rotatable bonds is 4. The molecule has 2 N–H and O–H groups in total. The first-order valence-corrected chi connectivity index (χ1v) is 10.8. The number of piperidine rings is 2. The molecule has 5 rings (SSSR count). The fourth-order valence-corrected chi connectivity index (χ4v) is 5.19. The van der Waals surface area contributed by atoms with E-state index in [0.717, 1.165) is 79.7 Å². The molecule has 2 fully saturated rings. The molecule has 29 heavy (non-hydrogen) atoms. The Hall–Kier alpha value is -2.60. The van der Waals surface area contributed by atoms with Crippen LogP contribution in [0.3, 0.4) is 0 Å². The lowest BCUT2D eigenvalue weighted by molar-refractivity contribution is 0.0599. The number of hydrogen-bond acceptors (Lipinski definition) is 3. The van der Waals surface area contributed by atoms with Gasteiger partial charge in [-0.3, -0.25) is 9.69 Å². The van der Waals surface area contributed by atoms with Crippen molar-refractivity contribution in [2.45, 2.75) is 32.2 Å². The molecule has 6 heteroatoms. The molecular formula is C23H29N5O. The second-order valence-electron chi connectivity index (χ2n) is 8.53. The Morgan fingerprint density at radius 2 is 1.72 bits per heavy atom. The molecule has 3 aromatic rings. The normalized spacial score (nSPS) is 19.8. The Morgan fingerprint density at radius 1 is 0.966 bits per heavy atom. The van der Waals surface area contributed by atoms with Crippen LogP contribution >= 0.6 is 0 Å². The van der Waals surface area contributed by atoms with Gasteiger partial charge < -0.3 is 14.9 Å². The number of fused-ring (bicyclic) bond motifs is 1. The number of nitrogens with zero attached hydrogens (tertiary/aromatic N) is 3. The average molecular weight is 392 g/mol. The lowest BCUT2D eigenvalue weighted by Crippen LogP contribution is -2.42. The minimum absolute atomic E-state index is 0.171. The third-order valence-electron chi connectivity index (χ3n) is 6.87. The van der Waals surface area contributed by atoms with E-state index in [0.29, 0.717) is 0 Å². The number of benzene rings is 1. The highest BCUT2D eigenvalue weighted by atomic mass is 16.2. The van der Waals surface area contributed by atoms with Gasteiger partial charge in [-0.05, 0) is 62.7 Å². The average Bonchev–Trinajstić information content (AvgIpc) is 3.45. The lowest BCUT2D eigenvalue weighted by Gasteiger charge is -2.40. The molecule has 152 valence electrons. The molecule has 1 aromatic carbocycles. The highest BCUT2D eigenvalue weighted by Crippen LogP contribution is 2.33. The molecule has 6 nitrogen and oxygen atoms in total. The number of carbonyl (C=O) groups is 1. The van der Waals surface area contributed by atoms with Crippen molar-refractivity contribution in [1.29, 1.82) is 0 Å². The van der Waals surface area contributed by atoms with Gasteiger partial charge in [0.25, 0.3) is 5.91 Å². The number of imidazole rings is 1. The van der Waals surface area contributed by atoms with Crippen LogP contribution < -0.4 is 0 Å². The van der Waals surface area contributed by atoms with Gasteiger partial charge in [-0.15, -0.1) is 0 Å². The van der Waals surface area contributed by atoms with Gasteiger partial charge in [0.05, 0.1) is 17.6 Å². The van der Waals surface area contributed by atoms with Crippen LogP contribution in [0.1, 0.15) is 41.9 Å². The second-order valence-corrected chi connectivity index (χ2v) is 8.53. The maximum Gasteiger partial charge on any atom is 0.255 e. The third-order valence-corrected chi connectivity index (χ3v) is 6.87. The number of amides is 1. The summed E-state index contributed by atoms with van der Waals surface area (Å²) in [6.07, 6.45) is 10.4. The number of hydrogen-bond donors (Lipinski definition) is 2. The van der Waals surface area contributed by atoms with Crippen LogP contribution in [0.15, 0.2) is 42.9 Å². The quantitative estimate of drug-likeness (QED) is 0.713. The van der Waals surface area contributed by atoms with Gasteiger partial charge in [-0.1, -0.05) is 12.1 Å². The summed E-state index contributed by atoms with van der Waals surface area (Å²) in [4.78, 5) is 28.4. The summed E-state index contributed by atoms with van der Waals surface area (Å²) in [5, 5.41) is 1.10. The van der Waals surface area contributed by atoms with E-state index in [4.69, 9.17) is 0 Å². The highest BCUT2D eigenvalue weighted by Gasteiger charge is 2.31. The zero-order valence-electron chi connectivity index (χ0n) is 16.8. The standard InChI is InChI=1S/C23H29N5O/c29-23(20-3-1-2-19-4-9-26-22(19)20)28-14-7-18(8-15-28)17-5-12-27(13-6-17)16-21-24-10-11-25-21/h1-4,9-11,17-18,26H,5-8,12-16H2,(H,24,25). The lowest BCUT2D eigenvalue weighted by atomic mass is 9.78. The number of likely N-dealkylation sites (tertiary alicyclic amines) is 2. The summed E-state index contributed by atoms with van der Waals surface area (Å²) < 4.78 is 0. The van der Waals surface area contributed by atoms with Crippen molar-refractivity contribution in [1.82, 2.24) is 24.8 Å². The van der Waals surface area contributed by atoms with Gasteiger partial charge in [0.15, 0.2) is 0 Å². The van der Waals surface area contributed by atoms with Gasteiger partial charge in [0.2, 0.25) is 0 Å². The zero-order chi connectivity index (χ0) is 19.6. The Labute approximate surface area is 171 Å². The molecule has 0 atom stereocenters. The van der Waals surface area contributed by atoms with Crippen molar-refractivity contribution in [3.63, 3.8) is 0 Å². The molecule has 0 aliphatic carbocycles. The van der Waals surface area contributed by atoms with Crippen LogP contribution in [-0.2, 0) is 6.54 Å². The first-order chi connectivity index (χ1) is 14.3. The van der Waals surface area contributed by atoms with Crippen molar-refractivity contribution in [3.8, 4) is 0 Å². The molecular weight excluding hydrogens is 362 g/mol. The van der Waals surface area contributed by atoms with Gasteiger partial charge >= 0.3 is 0 Å². The second kappa shape index (κ2) is 8.03. The van der Waals surface area contributed by atoms with Crippen molar-refractivity contribution >= 4 is 16.8 Å². The Kier molecular flexibility index (Phi) is 5.10. The summed E-state index contributed by atoms with van der Waals surface area (Å²) in [6.45, 7) is 5.00. The molecule has 2 aliphatic rings. The van der Waals surface area contributed by atoms with Gasteiger partial charge in [-0.2, -0.15) is 0 Å². The number of carbonyl (C=O) groups excluding carboxylic acids is 1. The predicted molar refractivity (Wildman–Crippen MR) is 114 cm³/mol. The van der Waals surface area contributed by atoms with E-state index in [2.05, 4.69) is 24.8 Å². The number of aromatic nitrogens is 3. The van der Waals surface area contributed by atoms with Gasteiger partial charge in [-0.25, -0.2) is 4.98 Å². The van der Waals surface area contributed by atoms with Crippen LogP contribution in [-0.4, -0.2) is 56.8 Å². The number of nitrogens with one attached hydrogen (secondary N) is 2. The summed E-state index contributed by atoms with van der Waals surface area (Å²) >= 11 is 0. The van der Waals surface area contributed by atoms with Crippen LogP contribution in [0, 0.1) is 11.8 Å². The molecule has 2 aliphatic heterocycles. The SMILES string of the molecule is O=C(c1cccc2cc[nH]c12)N1CCC(C2CCN(Cc3ncc[nH]3)CC2)CC1. The van der Waals surface area contributed by atoms with E-state index in [1.165, 1.54) is 12.8 Å².